The van der Waals surface area contributed by atoms with E-state index in [1.807, 2.05) is 12.1 Å². The summed E-state index contributed by atoms with van der Waals surface area (Å²) in [5.41, 5.74) is 1.75. The standard InChI is InChI=1S/C11H8F3N3/c12-11(13,14)10-16-15-9-8-4-2-1-3-7(8)5-6-17(9)10/h1-4H,5-6H2. The minimum absolute atomic E-state index is 0.272. The van der Waals surface area contributed by atoms with E-state index >= 15 is 0 Å². The average molecular weight is 239 g/mol. The first-order valence-corrected chi connectivity index (χ1v) is 5.16. The van der Waals surface area contributed by atoms with Crippen LogP contribution in [0.25, 0.3) is 11.4 Å². The second-order valence-corrected chi connectivity index (χ2v) is 3.90. The van der Waals surface area contributed by atoms with Gasteiger partial charge in [0.1, 0.15) is 0 Å². The van der Waals surface area contributed by atoms with Crippen LogP contribution in [0, 0.1) is 0 Å². The van der Waals surface area contributed by atoms with Crippen molar-refractivity contribution in [3.8, 4) is 11.4 Å². The third kappa shape index (κ3) is 1.51. The number of alkyl halides is 3. The molecule has 1 aliphatic rings. The molecule has 0 N–H and O–H groups in total. The molecule has 0 fully saturated rings. The lowest BCUT2D eigenvalue weighted by Gasteiger charge is -2.18. The maximum absolute atomic E-state index is 12.7. The molecule has 0 unspecified atom stereocenters. The fourth-order valence-electron chi connectivity index (χ4n) is 2.11. The molecule has 0 aliphatic carbocycles. The molecule has 0 amide bonds. The number of fused-ring (bicyclic) bond motifs is 3. The maximum atomic E-state index is 12.7. The molecule has 88 valence electrons. The molecule has 1 aliphatic heterocycles. The van der Waals surface area contributed by atoms with E-state index in [0.717, 1.165) is 15.7 Å². The SMILES string of the molecule is FC(F)(F)c1nnc2n1CCc1ccccc1-2. The van der Waals surface area contributed by atoms with Gasteiger partial charge < -0.3 is 4.57 Å². The average Bonchev–Trinajstić information content (AvgIpc) is 2.72. The lowest BCUT2D eigenvalue weighted by molar-refractivity contribution is -0.147. The Labute approximate surface area is 94.9 Å². The largest absolute Gasteiger partial charge is 0.451 e. The maximum Gasteiger partial charge on any atom is 0.451 e. The second kappa shape index (κ2) is 3.32. The Hall–Kier alpha value is -1.85. The van der Waals surface area contributed by atoms with E-state index in [9.17, 15) is 13.2 Å². The van der Waals surface area contributed by atoms with Crippen LogP contribution in [0.5, 0.6) is 0 Å². The summed E-state index contributed by atoms with van der Waals surface area (Å²) in [5.74, 6) is -0.610. The van der Waals surface area contributed by atoms with Gasteiger partial charge in [0.15, 0.2) is 5.82 Å². The summed E-state index contributed by atoms with van der Waals surface area (Å²) < 4.78 is 39.1. The summed E-state index contributed by atoms with van der Waals surface area (Å²) in [4.78, 5) is 0. The molecule has 2 aromatic rings. The molecule has 0 saturated heterocycles. The van der Waals surface area contributed by atoms with Gasteiger partial charge in [-0.3, -0.25) is 0 Å². The number of aromatic nitrogens is 3. The van der Waals surface area contributed by atoms with Crippen LogP contribution in [0.4, 0.5) is 13.2 Å². The fraction of sp³-hybridized carbons (Fsp3) is 0.273. The molecule has 0 spiro atoms. The van der Waals surface area contributed by atoms with E-state index in [2.05, 4.69) is 10.2 Å². The quantitative estimate of drug-likeness (QED) is 0.707. The summed E-state index contributed by atoms with van der Waals surface area (Å²) in [5, 5.41) is 6.91. The molecule has 0 atom stereocenters. The highest BCUT2D eigenvalue weighted by Gasteiger charge is 2.39. The number of halogens is 3. The van der Waals surface area contributed by atoms with Crippen molar-refractivity contribution >= 4 is 0 Å². The summed E-state index contributed by atoms with van der Waals surface area (Å²) in [6.45, 7) is 0.272. The first-order chi connectivity index (χ1) is 8.07. The second-order valence-electron chi connectivity index (χ2n) is 3.90. The fourth-order valence-corrected chi connectivity index (χ4v) is 2.11. The van der Waals surface area contributed by atoms with Crippen LogP contribution in [-0.2, 0) is 19.1 Å². The van der Waals surface area contributed by atoms with Gasteiger partial charge in [-0.05, 0) is 12.0 Å². The Kier molecular flexibility index (Phi) is 2.01. The van der Waals surface area contributed by atoms with E-state index in [-0.39, 0.29) is 6.54 Å². The Morgan fingerprint density at radius 1 is 1.12 bits per heavy atom. The topological polar surface area (TPSA) is 30.7 Å². The molecule has 3 nitrogen and oxygen atoms in total. The first kappa shape index (κ1) is 10.3. The summed E-state index contributed by atoms with van der Waals surface area (Å²) in [6, 6.07) is 7.34. The van der Waals surface area contributed by atoms with Gasteiger partial charge in [0.05, 0.1) is 0 Å². The molecule has 1 aromatic heterocycles. The van der Waals surface area contributed by atoms with Gasteiger partial charge in [-0.15, -0.1) is 10.2 Å². The molecular weight excluding hydrogens is 231 g/mol. The van der Waals surface area contributed by atoms with Gasteiger partial charge in [-0.25, -0.2) is 0 Å². The first-order valence-electron chi connectivity index (χ1n) is 5.16. The Morgan fingerprint density at radius 3 is 2.65 bits per heavy atom. The van der Waals surface area contributed by atoms with Crippen LogP contribution in [0.15, 0.2) is 24.3 Å². The highest BCUT2D eigenvalue weighted by Crippen LogP contribution is 2.34. The Balaban J connectivity index is 2.20. The number of aryl methyl sites for hydroxylation is 1. The van der Waals surface area contributed by atoms with Crippen molar-refractivity contribution in [2.24, 2.45) is 0 Å². The van der Waals surface area contributed by atoms with Crippen LogP contribution in [0.1, 0.15) is 11.4 Å². The van der Waals surface area contributed by atoms with Crippen molar-refractivity contribution < 1.29 is 13.2 Å². The van der Waals surface area contributed by atoms with Gasteiger partial charge in [-0.1, -0.05) is 24.3 Å². The van der Waals surface area contributed by atoms with E-state index in [0.29, 0.717) is 12.2 Å². The Morgan fingerprint density at radius 2 is 1.88 bits per heavy atom. The number of benzene rings is 1. The molecular formula is C11H8F3N3. The van der Waals surface area contributed by atoms with E-state index < -0.39 is 12.0 Å². The molecule has 2 heterocycles. The number of nitrogens with zero attached hydrogens (tertiary/aromatic N) is 3. The van der Waals surface area contributed by atoms with E-state index in [4.69, 9.17) is 0 Å². The molecule has 6 heteroatoms. The summed E-state index contributed by atoms with van der Waals surface area (Å²) in [6.07, 6.45) is -3.87. The zero-order valence-electron chi connectivity index (χ0n) is 8.70. The molecule has 0 saturated carbocycles. The minimum atomic E-state index is -4.45. The van der Waals surface area contributed by atoms with Crippen LogP contribution in [0.2, 0.25) is 0 Å². The number of hydrogen-bond acceptors (Lipinski definition) is 2. The minimum Gasteiger partial charge on any atom is -0.303 e. The summed E-state index contributed by atoms with van der Waals surface area (Å²) >= 11 is 0. The van der Waals surface area contributed by atoms with Crippen molar-refractivity contribution in [1.29, 1.82) is 0 Å². The van der Waals surface area contributed by atoms with Crippen LogP contribution in [-0.4, -0.2) is 14.8 Å². The monoisotopic (exact) mass is 239 g/mol. The van der Waals surface area contributed by atoms with Crippen molar-refractivity contribution in [3.63, 3.8) is 0 Å². The normalized spacial score (nSPS) is 14.3. The van der Waals surface area contributed by atoms with E-state index in [1.165, 1.54) is 0 Å². The van der Waals surface area contributed by atoms with Gasteiger partial charge in [0.2, 0.25) is 5.82 Å². The third-order valence-corrected chi connectivity index (χ3v) is 2.87. The number of rotatable bonds is 0. The lowest BCUT2D eigenvalue weighted by atomic mass is 10.0. The Bertz CT molecular complexity index is 572. The van der Waals surface area contributed by atoms with Gasteiger partial charge >= 0.3 is 6.18 Å². The predicted molar refractivity (Wildman–Crippen MR) is 54.2 cm³/mol. The molecule has 0 radical (unpaired) electrons. The highest BCUT2D eigenvalue weighted by molar-refractivity contribution is 5.62. The van der Waals surface area contributed by atoms with Gasteiger partial charge in [0, 0.05) is 12.1 Å². The van der Waals surface area contributed by atoms with Crippen LogP contribution >= 0.6 is 0 Å². The van der Waals surface area contributed by atoms with Crippen LogP contribution in [0.3, 0.4) is 0 Å². The lowest BCUT2D eigenvalue weighted by Crippen LogP contribution is -2.19. The molecule has 1 aromatic carbocycles. The van der Waals surface area contributed by atoms with Crippen LogP contribution < -0.4 is 0 Å². The molecule has 3 rings (SSSR count). The molecule has 0 bridgehead atoms. The van der Waals surface area contributed by atoms with Gasteiger partial charge in [0.25, 0.3) is 0 Å². The van der Waals surface area contributed by atoms with Crippen molar-refractivity contribution in [3.05, 3.63) is 35.7 Å². The zero-order valence-corrected chi connectivity index (χ0v) is 8.70. The predicted octanol–water partition coefficient (Wildman–Crippen LogP) is 2.52. The van der Waals surface area contributed by atoms with Crippen molar-refractivity contribution in [2.45, 2.75) is 19.1 Å². The summed E-state index contributed by atoms with van der Waals surface area (Å²) in [7, 11) is 0. The zero-order chi connectivity index (χ0) is 12.0. The third-order valence-electron chi connectivity index (χ3n) is 2.87. The molecule has 17 heavy (non-hydrogen) atoms. The smallest absolute Gasteiger partial charge is 0.303 e. The van der Waals surface area contributed by atoms with Gasteiger partial charge in [-0.2, -0.15) is 13.2 Å². The van der Waals surface area contributed by atoms with E-state index in [1.54, 1.807) is 12.1 Å². The van der Waals surface area contributed by atoms with Crippen molar-refractivity contribution in [1.82, 2.24) is 14.8 Å². The van der Waals surface area contributed by atoms with Crippen molar-refractivity contribution in [2.75, 3.05) is 0 Å². The highest BCUT2D eigenvalue weighted by atomic mass is 19.4. The number of hydrogen-bond donors (Lipinski definition) is 0.